The summed E-state index contributed by atoms with van der Waals surface area (Å²) < 4.78 is 12.6. The Bertz CT molecular complexity index is 94.9. The quantitative estimate of drug-likeness (QED) is 0.529. The molecule has 0 aromatic carbocycles. The van der Waals surface area contributed by atoms with Gasteiger partial charge in [-0.25, -0.2) is 4.39 Å². The second-order valence-electron chi connectivity index (χ2n) is 3.00. The molecule has 0 aromatic rings. The Kier molecular flexibility index (Phi) is 2.06. The zero-order chi connectivity index (χ0) is 6.85. The van der Waals surface area contributed by atoms with Crippen LogP contribution in [0.5, 0.6) is 0 Å². The minimum atomic E-state index is -0.964. The van der Waals surface area contributed by atoms with Gasteiger partial charge in [0.2, 0.25) is 0 Å². The van der Waals surface area contributed by atoms with Crippen molar-refractivity contribution in [2.75, 3.05) is 0 Å². The van der Waals surface area contributed by atoms with Gasteiger partial charge in [0.15, 0.2) is 0 Å². The zero-order valence-corrected chi connectivity index (χ0v) is 5.68. The molecule has 1 nitrogen and oxygen atoms in total. The summed E-state index contributed by atoms with van der Waals surface area (Å²) in [5.74, 6) is 0.461. The SMILES string of the molecule is C[C@@H]1CC[C@@H](O)[C@@H](F)C1. The number of hydrogen-bond donors (Lipinski definition) is 1. The average Bonchev–Trinajstić information content (AvgIpc) is 1.80. The van der Waals surface area contributed by atoms with E-state index in [1.807, 2.05) is 6.92 Å². The molecule has 9 heavy (non-hydrogen) atoms. The molecule has 1 aliphatic rings. The number of alkyl halides is 1. The number of halogens is 1. The molecule has 1 fully saturated rings. The van der Waals surface area contributed by atoms with Crippen LogP contribution in [-0.2, 0) is 0 Å². The van der Waals surface area contributed by atoms with Gasteiger partial charge in [0, 0.05) is 0 Å². The van der Waals surface area contributed by atoms with Gasteiger partial charge in [-0.2, -0.15) is 0 Å². The molecule has 1 rings (SSSR count). The first kappa shape index (κ1) is 7.00. The summed E-state index contributed by atoms with van der Waals surface area (Å²) in [4.78, 5) is 0. The van der Waals surface area contributed by atoms with E-state index < -0.39 is 12.3 Å². The van der Waals surface area contributed by atoms with Crippen LogP contribution < -0.4 is 0 Å². The van der Waals surface area contributed by atoms with Crippen molar-refractivity contribution >= 4 is 0 Å². The summed E-state index contributed by atoms with van der Waals surface area (Å²) in [6.07, 6.45) is 0.514. The summed E-state index contributed by atoms with van der Waals surface area (Å²) in [5, 5.41) is 8.92. The highest BCUT2D eigenvalue weighted by atomic mass is 19.1. The van der Waals surface area contributed by atoms with E-state index in [1.165, 1.54) is 0 Å². The number of aliphatic hydroxyl groups is 1. The lowest BCUT2D eigenvalue weighted by molar-refractivity contribution is 0.0278. The van der Waals surface area contributed by atoms with Gasteiger partial charge in [0.05, 0.1) is 6.10 Å². The van der Waals surface area contributed by atoms with Gasteiger partial charge in [0.25, 0.3) is 0 Å². The van der Waals surface area contributed by atoms with E-state index in [0.717, 1.165) is 6.42 Å². The second-order valence-corrected chi connectivity index (χ2v) is 3.00. The summed E-state index contributed by atoms with van der Waals surface area (Å²) in [6.45, 7) is 2.03. The van der Waals surface area contributed by atoms with Crippen LogP contribution in [0.25, 0.3) is 0 Å². The van der Waals surface area contributed by atoms with Gasteiger partial charge >= 0.3 is 0 Å². The van der Waals surface area contributed by atoms with Crippen molar-refractivity contribution in [3.05, 3.63) is 0 Å². The van der Waals surface area contributed by atoms with Crippen LogP contribution in [0.2, 0.25) is 0 Å². The monoisotopic (exact) mass is 132 g/mol. The maximum atomic E-state index is 12.6. The van der Waals surface area contributed by atoms with Crippen molar-refractivity contribution in [2.24, 2.45) is 5.92 Å². The molecule has 0 amide bonds. The lowest BCUT2D eigenvalue weighted by Gasteiger charge is -2.25. The van der Waals surface area contributed by atoms with E-state index >= 15 is 0 Å². The topological polar surface area (TPSA) is 20.2 Å². The maximum Gasteiger partial charge on any atom is 0.126 e. The van der Waals surface area contributed by atoms with E-state index in [0.29, 0.717) is 18.8 Å². The van der Waals surface area contributed by atoms with E-state index in [1.54, 1.807) is 0 Å². The fraction of sp³-hybridized carbons (Fsp3) is 1.00. The van der Waals surface area contributed by atoms with Crippen LogP contribution in [-0.4, -0.2) is 17.4 Å². The molecule has 3 atom stereocenters. The van der Waals surface area contributed by atoms with Gasteiger partial charge in [-0.05, 0) is 25.2 Å². The maximum absolute atomic E-state index is 12.6. The van der Waals surface area contributed by atoms with Crippen molar-refractivity contribution in [3.8, 4) is 0 Å². The molecular formula is C7H13FO. The fourth-order valence-electron chi connectivity index (χ4n) is 1.30. The molecule has 0 radical (unpaired) electrons. The minimum Gasteiger partial charge on any atom is -0.390 e. The molecule has 0 unspecified atom stereocenters. The van der Waals surface area contributed by atoms with Crippen LogP contribution in [0.15, 0.2) is 0 Å². The Balaban J connectivity index is 2.35. The molecule has 0 aromatic heterocycles. The first-order chi connectivity index (χ1) is 4.20. The zero-order valence-electron chi connectivity index (χ0n) is 5.68. The van der Waals surface area contributed by atoms with E-state index in [2.05, 4.69) is 0 Å². The molecular weight excluding hydrogens is 119 g/mol. The van der Waals surface area contributed by atoms with Crippen LogP contribution in [0, 0.1) is 5.92 Å². The van der Waals surface area contributed by atoms with Crippen molar-refractivity contribution in [2.45, 2.75) is 38.5 Å². The van der Waals surface area contributed by atoms with Crippen LogP contribution in [0.4, 0.5) is 4.39 Å². The molecule has 54 valence electrons. The van der Waals surface area contributed by atoms with Crippen LogP contribution in [0.3, 0.4) is 0 Å². The molecule has 1 aliphatic carbocycles. The predicted molar refractivity (Wildman–Crippen MR) is 33.9 cm³/mol. The van der Waals surface area contributed by atoms with Crippen LogP contribution in [0.1, 0.15) is 26.2 Å². The molecule has 0 aliphatic heterocycles. The lowest BCUT2D eigenvalue weighted by Crippen LogP contribution is -2.29. The average molecular weight is 132 g/mol. The second kappa shape index (κ2) is 2.65. The Morgan fingerprint density at radius 2 is 2.11 bits per heavy atom. The lowest BCUT2D eigenvalue weighted by atomic mass is 9.88. The van der Waals surface area contributed by atoms with E-state index in [9.17, 15) is 4.39 Å². The minimum absolute atomic E-state index is 0.461. The molecule has 2 heteroatoms. The smallest absolute Gasteiger partial charge is 0.126 e. The van der Waals surface area contributed by atoms with Crippen molar-refractivity contribution in [1.82, 2.24) is 0 Å². The summed E-state index contributed by atoms with van der Waals surface area (Å²) >= 11 is 0. The van der Waals surface area contributed by atoms with Crippen molar-refractivity contribution < 1.29 is 9.50 Å². The van der Waals surface area contributed by atoms with Gasteiger partial charge in [0.1, 0.15) is 6.17 Å². The van der Waals surface area contributed by atoms with Crippen LogP contribution >= 0.6 is 0 Å². The van der Waals surface area contributed by atoms with Crippen molar-refractivity contribution in [1.29, 1.82) is 0 Å². The number of rotatable bonds is 0. The third kappa shape index (κ3) is 1.65. The molecule has 0 saturated heterocycles. The molecule has 1 N–H and O–H groups in total. The molecule has 0 heterocycles. The van der Waals surface area contributed by atoms with E-state index in [4.69, 9.17) is 5.11 Å². The number of hydrogen-bond acceptors (Lipinski definition) is 1. The standard InChI is InChI=1S/C7H13FO/c1-5-2-3-7(9)6(8)4-5/h5-7,9H,2-4H2,1H3/t5-,6+,7-/m1/s1. The largest absolute Gasteiger partial charge is 0.390 e. The Morgan fingerprint density at radius 3 is 2.56 bits per heavy atom. The molecule has 0 spiro atoms. The fourth-order valence-corrected chi connectivity index (χ4v) is 1.30. The predicted octanol–water partition coefficient (Wildman–Crippen LogP) is 1.51. The normalized spacial score (nSPS) is 45.0. The van der Waals surface area contributed by atoms with E-state index in [-0.39, 0.29) is 0 Å². The summed E-state index contributed by atoms with van der Waals surface area (Å²) in [5.41, 5.74) is 0. The summed E-state index contributed by atoms with van der Waals surface area (Å²) in [7, 11) is 0. The summed E-state index contributed by atoms with van der Waals surface area (Å²) in [6, 6.07) is 0. The Morgan fingerprint density at radius 1 is 1.44 bits per heavy atom. The third-order valence-corrected chi connectivity index (χ3v) is 2.00. The highest BCUT2D eigenvalue weighted by Crippen LogP contribution is 2.25. The van der Waals surface area contributed by atoms with Gasteiger partial charge in [-0.1, -0.05) is 6.92 Å². The van der Waals surface area contributed by atoms with Crippen molar-refractivity contribution in [3.63, 3.8) is 0 Å². The van der Waals surface area contributed by atoms with Gasteiger partial charge in [-0.15, -0.1) is 0 Å². The van der Waals surface area contributed by atoms with Gasteiger partial charge in [-0.3, -0.25) is 0 Å². The third-order valence-electron chi connectivity index (χ3n) is 2.00. The van der Waals surface area contributed by atoms with Gasteiger partial charge < -0.3 is 5.11 Å². The first-order valence-corrected chi connectivity index (χ1v) is 3.52. The number of aliphatic hydroxyl groups excluding tert-OH is 1. The first-order valence-electron chi connectivity index (χ1n) is 3.52. The molecule has 0 bridgehead atoms. The highest BCUT2D eigenvalue weighted by molar-refractivity contribution is 4.76. The Hall–Kier alpha value is -0.110. The molecule has 1 saturated carbocycles. The Labute approximate surface area is 54.9 Å². The highest BCUT2D eigenvalue weighted by Gasteiger charge is 2.26.